The number of phenolic OH excluding ortho intramolecular Hbond substituents is 1. The van der Waals surface area contributed by atoms with Gasteiger partial charge in [0, 0.05) is 0 Å². The second-order valence-corrected chi connectivity index (χ2v) is 9.66. The molecule has 3 rings (SSSR count). The van der Waals surface area contributed by atoms with Gasteiger partial charge in [-0.1, -0.05) is 29.8 Å². The van der Waals surface area contributed by atoms with Crippen LogP contribution in [-0.2, 0) is 32.4 Å². The fraction of sp³-hybridized carbons (Fsp3) is 0.176. The van der Waals surface area contributed by atoms with Crippen LogP contribution in [0.15, 0.2) is 48.5 Å². The van der Waals surface area contributed by atoms with Gasteiger partial charge < -0.3 is 10.2 Å². The van der Waals surface area contributed by atoms with Gasteiger partial charge in [-0.05, 0) is 42.2 Å². The number of anilines is 1. The van der Waals surface area contributed by atoms with Crippen LogP contribution in [0.1, 0.15) is 22.3 Å². The maximum absolute atomic E-state index is 11.9. The van der Waals surface area contributed by atoms with Crippen molar-refractivity contribution in [3.63, 3.8) is 0 Å². The molecule has 0 saturated heterocycles. The fourth-order valence-electron chi connectivity index (χ4n) is 2.95. The quantitative estimate of drug-likeness (QED) is 0.563. The average Bonchev–Trinajstić information content (AvgIpc) is 2.81. The molecule has 0 radical (unpaired) electrons. The zero-order valence-corrected chi connectivity index (χ0v) is 16.5. The molecule has 0 fully saturated rings. The Balaban J connectivity index is 1.93. The summed E-state index contributed by atoms with van der Waals surface area (Å²) in [6, 6.07) is 9.71. The van der Waals surface area contributed by atoms with Crippen LogP contribution in [0.2, 0.25) is 0 Å². The molecule has 0 saturated carbocycles. The highest BCUT2D eigenvalue weighted by molar-refractivity contribution is 7.91. The van der Waals surface area contributed by atoms with E-state index in [1.54, 1.807) is 18.2 Å². The van der Waals surface area contributed by atoms with E-state index in [9.17, 15) is 27.0 Å². The third kappa shape index (κ3) is 4.38. The van der Waals surface area contributed by atoms with E-state index in [-0.39, 0.29) is 17.2 Å². The van der Waals surface area contributed by atoms with E-state index < -0.39 is 26.1 Å². The first-order valence-corrected chi connectivity index (χ1v) is 11.2. The summed E-state index contributed by atoms with van der Waals surface area (Å²) in [5.74, 6) is -1.18. The minimum atomic E-state index is -4.02. The van der Waals surface area contributed by atoms with Gasteiger partial charge in [0.2, 0.25) is 15.9 Å². The van der Waals surface area contributed by atoms with E-state index in [4.69, 9.17) is 5.14 Å². The number of nitrogens with zero attached hydrogens (tertiary/aromatic N) is 1. The second kappa shape index (κ2) is 7.00. The van der Waals surface area contributed by atoms with Gasteiger partial charge in [0.05, 0.1) is 12.0 Å². The topological polar surface area (TPSA) is 150 Å². The summed E-state index contributed by atoms with van der Waals surface area (Å²) in [5.41, 5.74) is 2.82. The van der Waals surface area contributed by atoms with Gasteiger partial charge in [-0.2, -0.15) is 8.42 Å². The molecule has 5 N–H and O–H groups in total. The number of primary sulfonamides is 1. The number of aliphatic hydroxyl groups excluding tert-OH is 1. The van der Waals surface area contributed by atoms with Crippen molar-refractivity contribution < 1.29 is 27.0 Å². The number of aromatic hydroxyl groups is 1. The molecule has 0 aliphatic carbocycles. The third-order valence-electron chi connectivity index (χ3n) is 4.12. The molecule has 9 nitrogen and oxygen atoms in total. The molecule has 1 aliphatic heterocycles. The highest BCUT2D eigenvalue weighted by Gasteiger charge is 2.30. The van der Waals surface area contributed by atoms with Crippen molar-refractivity contribution >= 4 is 25.9 Å². The highest BCUT2D eigenvalue weighted by atomic mass is 32.2. The molecular weight excluding hydrogens is 406 g/mol. The zero-order chi connectivity index (χ0) is 20.7. The number of rotatable bonds is 5. The van der Waals surface area contributed by atoms with Crippen LogP contribution < -0.4 is 14.2 Å². The SMILES string of the molecule is Cc1ccc(CS(N)(=O)=O)c(Cc2ccc(N3C=C(O)NS3(=O)=O)c(O)c2)c1. The van der Waals surface area contributed by atoms with Gasteiger partial charge in [0.25, 0.3) is 0 Å². The Morgan fingerprint density at radius 1 is 1.11 bits per heavy atom. The lowest BCUT2D eigenvalue weighted by Crippen LogP contribution is -2.29. The largest absolute Gasteiger partial charge is 0.506 e. The Morgan fingerprint density at radius 2 is 1.82 bits per heavy atom. The number of hydrogen-bond acceptors (Lipinski definition) is 6. The number of phenols is 1. The molecule has 0 atom stereocenters. The first-order valence-electron chi connectivity index (χ1n) is 8.08. The van der Waals surface area contributed by atoms with Crippen molar-refractivity contribution in [1.29, 1.82) is 0 Å². The van der Waals surface area contributed by atoms with Crippen molar-refractivity contribution in [2.75, 3.05) is 4.31 Å². The Bertz CT molecular complexity index is 1170. The molecule has 2 aromatic rings. The van der Waals surface area contributed by atoms with Crippen molar-refractivity contribution in [1.82, 2.24) is 4.72 Å². The Kier molecular flexibility index (Phi) is 5.00. The van der Waals surface area contributed by atoms with E-state index in [1.165, 1.54) is 12.1 Å². The van der Waals surface area contributed by atoms with Gasteiger partial charge in [-0.25, -0.2) is 22.6 Å². The molecule has 0 amide bonds. The minimum Gasteiger partial charge on any atom is -0.506 e. The average molecular weight is 425 g/mol. The Labute approximate surface area is 163 Å². The normalized spacial score (nSPS) is 15.9. The van der Waals surface area contributed by atoms with Gasteiger partial charge in [-0.3, -0.25) is 0 Å². The van der Waals surface area contributed by atoms with Crippen LogP contribution in [0, 0.1) is 6.92 Å². The smallest absolute Gasteiger partial charge is 0.330 e. The molecular formula is C17H19N3O6S2. The van der Waals surface area contributed by atoms with Gasteiger partial charge >= 0.3 is 10.2 Å². The number of aliphatic hydroxyl groups is 1. The Morgan fingerprint density at radius 3 is 2.39 bits per heavy atom. The zero-order valence-electron chi connectivity index (χ0n) is 14.8. The van der Waals surface area contributed by atoms with Crippen LogP contribution >= 0.6 is 0 Å². The van der Waals surface area contributed by atoms with E-state index in [0.29, 0.717) is 17.5 Å². The number of nitrogens with one attached hydrogen (secondary N) is 1. The van der Waals surface area contributed by atoms with Crippen LogP contribution in [0.5, 0.6) is 5.75 Å². The van der Waals surface area contributed by atoms with Crippen LogP contribution in [0.25, 0.3) is 0 Å². The molecule has 150 valence electrons. The summed E-state index contributed by atoms with van der Waals surface area (Å²) >= 11 is 0. The van der Waals surface area contributed by atoms with Gasteiger partial charge in [0.15, 0.2) is 0 Å². The van der Waals surface area contributed by atoms with E-state index in [1.807, 2.05) is 17.7 Å². The molecule has 1 heterocycles. The molecule has 28 heavy (non-hydrogen) atoms. The van der Waals surface area contributed by atoms with Gasteiger partial charge in [-0.15, -0.1) is 0 Å². The molecule has 11 heteroatoms. The van der Waals surface area contributed by atoms with Crippen molar-refractivity contribution in [2.45, 2.75) is 19.1 Å². The highest BCUT2D eigenvalue weighted by Crippen LogP contribution is 2.33. The summed E-state index contributed by atoms with van der Waals surface area (Å²) in [6.45, 7) is 1.87. The van der Waals surface area contributed by atoms with Crippen molar-refractivity contribution in [3.05, 3.63) is 70.7 Å². The lowest BCUT2D eigenvalue weighted by atomic mass is 9.98. The predicted molar refractivity (Wildman–Crippen MR) is 104 cm³/mol. The number of benzene rings is 2. The second-order valence-electron chi connectivity index (χ2n) is 6.50. The van der Waals surface area contributed by atoms with Gasteiger partial charge in [0.1, 0.15) is 11.4 Å². The number of hydrogen-bond donors (Lipinski definition) is 4. The summed E-state index contributed by atoms with van der Waals surface area (Å²) in [5, 5.41) is 24.8. The van der Waals surface area contributed by atoms with Crippen LogP contribution in [-0.4, -0.2) is 27.0 Å². The molecule has 0 aromatic heterocycles. The first kappa shape index (κ1) is 20.0. The first-order chi connectivity index (χ1) is 12.9. The van der Waals surface area contributed by atoms with Crippen LogP contribution in [0.3, 0.4) is 0 Å². The monoisotopic (exact) mass is 425 g/mol. The van der Waals surface area contributed by atoms with Crippen LogP contribution in [0.4, 0.5) is 5.69 Å². The Hall–Kier alpha value is -2.76. The van der Waals surface area contributed by atoms with E-state index >= 15 is 0 Å². The minimum absolute atomic E-state index is 0.0331. The number of sulfonamides is 1. The molecule has 0 unspecified atom stereocenters. The predicted octanol–water partition coefficient (Wildman–Crippen LogP) is 1.09. The third-order valence-corrected chi connectivity index (χ3v) is 6.12. The standard InChI is InChI=1S/C17H19N3O6S2/c1-11-2-4-13(10-27(18,23)24)14(6-11)7-12-3-5-15(16(21)8-12)20-9-17(22)19-28(20,25)26/h2-6,8-9,19,21-22H,7,10H2,1H3,(H2,18,23,24). The summed E-state index contributed by atoms with van der Waals surface area (Å²) in [6.07, 6.45) is 1.25. The maximum Gasteiger partial charge on any atom is 0.330 e. The number of aryl methyl sites for hydroxylation is 1. The molecule has 0 spiro atoms. The maximum atomic E-state index is 11.9. The van der Waals surface area contributed by atoms with Crippen molar-refractivity contribution in [2.24, 2.45) is 5.14 Å². The summed E-state index contributed by atoms with van der Waals surface area (Å²) in [4.78, 5) is 0. The van der Waals surface area contributed by atoms with E-state index in [2.05, 4.69) is 0 Å². The number of nitrogens with two attached hydrogens (primary N) is 1. The lowest BCUT2D eigenvalue weighted by Gasteiger charge is -2.16. The van der Waals surface area contributed by atoms with Crippen molar-refractivity contribution in [3.8, 4) is 5.75 Å². The molecule has 1 aliphatic rings. The lowest BCUT2D eigenvalue weighted by molar-refractivity contribution is 0.392. The fourth-order valence-corrected chi connectivity index (χ4v) is 4.73. The molecule has 2 aromatic carbocycles. The van der Waals surface area contributed by atoms with E-state index in [0.717, 1.165) is 21.6 Å². The summed E-state index contributed by atoms with van der Waals surface area (Å²) < 4.78 is 49.4. The molecule has 0 bridgehead atoms. The summed E-state index contributed by atoms with van der Waals surface area (Å²) in [7, 11) is -7.72.